The maximum atomic E-state index is 11.2. The maximum Gasteiger partial charge on any atom is 0.291 e. The molecular formula is C10H14N2O3S. The summed E-state index contributed by atoms with van der Waals surface area (Å²) in [7, 11) is -2.41. The van der Waals surface area contributed by atoms with Crippen molar-refractivity contribution in [3.63, 3.8) is 0 Å². The maximum absolute atomic E-state index is 11.2. The lowest BCUT2D eigenvalue weighted by molar-refractivity contribution is -0.119. The van der Waals surface area contributed by atoms with Crippen LogP contribution in [0.15, 0.2) is 22.7 Å². The summed E-state index contributed by atoms with van der Waals surface area (Å²) in [5.74, 6) is -0.190. The van der Waals surface area contributed by atoms with Crippen LogP contribution in [0.3, 0.4) is 0 Å². The van der Waals surface area contributed by atoms with Crippen LogP contribution in [0.1, 0.15) is 5.56 Å². The fraction of sp³-hybridized carbons (Fsp3) is 0.400. The monoisotopic (exact) mass is 242 g/mol. The molecule has 0 fully saturated rings. The summed E-state index contributed by atoms with van der Waals surface area (Å²) >= 11 is 0. The first-order valence-corrected chi connectivity index (χ1v) is 6.95. The molecule has 0 aromatic carbocycles. The summed E-state index contributed by atoms with van der Waals surface area (Å²) in [4.78, 5) is 15.2. The normalized spacial score (nSPS) is 10.9. The zero-order valence-electron chi connectivity index (χ0n) is 9.47. The second kappa shape index (κ2) is 5.07. The van der Waals surface area contributed by atoms with Crippen molar-refractivity contribution in [1.29, 1.82) is 0 Å². The van der Waals surface area contributed by atoms with Gasteiger partial charge in [-0.1, -0.05) is 6.07 Å². The Hall–Kier alpha value is -1.43. The van der Waals surface area contributed by atoms with E-state index in [1.807, 2.05) is 13.0 Å². The third kappa shape index (κ3) is 4.88. The molecule has 0 bridgehead atoms. The summed E-state index contributed by atoms with van der Waals surface area (Å²) < 4.78 is 19.8. The van der Waals surface area contributed by atoms with E-state index in [-0.39, 0.29) is 6.61 Å². The third-order valence-electron chi connectivity index (χ3n) is 1.55. The van der Waals surface area contributed by atoms with Gasteiger partial charge < -0.3 is 4.74 Å². The number of carbonyl (C=O) groups excluding carboxylic acids is 1. The van der Waals surface area contributed by atoms with Crippen LogP contribution in [0.2, 0.25) is 0 Å². The second-order valence-electron chi connectivity index (χ2n) is 3.63. The molecule has 88 valence electrons. The molecule has 0 N–H and O–H groups in total. The average Bonchev–Trinajstić information content (AvgIpc) is 2.14. The molecule has 0 saturated heterocycles. The predicted octanol–water partition coefficient (Wildman–Crippen LogP) is 1.02. The Morgan fingerprint density at radius 1 is 1.50 bits per heavy atom. The number of ether oxygens (including phenoxy) is 1. The van der Waals surface area contributed by atoms with E-state index in [1.165, 1.54) is 12.5 Å². The minimum atomic E-state index is -2.41. The molecule has 1 amide bonds. The lowest BCUT2D eigenvalue weighted by Crippen LogP contribution is -2.11. The van der Waals surface area contributed by atoms with E-state index in [4.69, 9.17) is 4.74 Å². The summed E-state index contributed by atoms with van der Waals surface area (Å²) in [6.07, 6.45) is 4.43. The SMILES string of the molecule is Cc1ccc(OCC(=O)N=S(C)(C)=O)nc1. The van der Waals surface area contributed by atoms with Crippen molar-refractivity contribution in [1.82, 2.24) is 4.98 Å². The Kier molecular flexibility index (Phi) is 4.00. The van der Waals surface area contributed by atoms with Crippen LogP contribution in [0.5, 0.6) is 5.88 Å². The van der Waals surface area contributed by atoms with E-state index >= 15 is 0 Å². The Morgan fingerprint density at radius 2 is 2.19 bits per heavy atom. The molecule has 5 nitrogen and oxygen atoms in total. The number of carbonyl (C=O) groups is 1. The van der Waals surface area contributed by atoms with Gasteiger partial charge in [-0.15, -0.1) is 0 Å². The van der Waals surface area contributed by atoms with Crippen LogP contribution in [0, 0.1) is 6.92 Å². The predicted molar refractivity (Wildman–Crippen MR) is 61.9 cm³/mol. The number of hydrogen-bond acceptors (Lipinski definition) is 4. The Labute approximate surface area is 95.0 Å². The van der Waals surface area contributed by atoms with Gasteiger partial charge in [-0.3, -0.25) is 4.79 Å². The molecule has 0 aliphatic rings. The highest BCUT2D eigenvalue weighted by Gasteiger charge is 2.03. The van der Waals surface area contributed by atoms with Gasteiger partial charge in [0.1, 0.15) is 0 Å². The molecule has 0 atom stereocenters. The van der Waals surface area contributed by atoms with Crippen molar-refractivity contribution in [2.24, 2.45) is 4.36 Å². The molecule has 0 radical (unpaired) electrons. The van der Waals surface area contributed by atoms with E-state index in [0.29, 0.717) is 5.88 Å². The smallest absolute Gasteiger partial charge is 0.291 e. The van der Waals surface area contributed by atoms with E-state index in [9.17, 15) is 9.00 Å². The molecular weight excluding hydrogens is 228 g/mol. The Bertz CT molecular complexity index is 479. The highest BCUT2D eigenvalue weighted by atomic mass is 32.2. The molecule has 1 heterocycles. The fourth-order valence-corrected chi connectivity index (χ4v) is 1.49. The van der Waals surface area contributed by atoms with Gasteiger partial charge in [-0.05, 0) is 12.5 Å². The number of pyridine rings is 1. The van der Waals surface area contributed by atoms with Gasteiger partial charge in [0.2, 0.25) is 5.88 Å². The fourth-order valence-electron chi connectivity index (χ4n) is 0.947. The van der Waals surface area contributed by atoms with Crippen LogP contribution in [0.25, 0.3) is 0 Å². The van der Waals surface area contributed by atoms with Crippen LogP contribution in [-0.4, -0.2) is 34.2 Å². The molecule has 0 spiro atoms. The van der Waals surface area contributed by atoms with Crippen LogP contribution >= 0.6 is 0 Å². The quantitative estimate of drug-likeness (QED) is 0.793. The lowest BCUT2D eigenvalue weighted by Gasteiger charge is -2.02. The third-order valence-corrected chi connectivity index (χ3v) is 2.19. The second-order valence-corrected chi connectivity index (χ2v) is 6.17. The molecule has 6 heteroatoms. The zero-order chi connectivity index (χ0) is 12.2. The molecule has 1 aromatic rings. The number of aromatic nitrogens is 1. The lowest BCUT2D eigenvalue weighted by atomic mass is 10.3. The van der Waals surface area contributed by atoms with Crippen molar-refractivity contribution in [2.45, 2.75) is 6.92 Å². The van der Waals surface area contributed by atoms with Crippen molar-refractivity contribution in [3.05, 3.63) is 23.9 Å². The van der Waals surface area contributed by atoms with E-state index in [2.05, 4.69) is 9.35 Å². The van der Waals surface area contributed by atoms with Crippen molar-refractivity contribution >= 4 is 15.6 Å². The first-order valence-electron chi connectivity index (χ1n) is 4.62. The highest BCUT2D eigenvalue weighted by Crippen LogP contribution is 2.06. The summed E-state index contributed by atoms with van der Waals surface area (Å²) in [5.41, 5.74) is 1.01. The largest absolute Gasteiger partial charge is 0.467 e. The topological polar surface area (TPSA) is 68.6 Å². The number of rotatable bonds is 3. The summed E-state index contributed by atoms with van der Waals surface area (Å²) in [6, 6.07) is 3.49. The standard InChI is InChI=1S/C10H14N2O3S/c1-8-4-5-10(11-6-8)15-7-9(13)12-16(2,3)14/h4-6H,7H2,1-3H3. The number of aryl methyl sites for hydroxylation is 1. The molecule has 0 aliphatic carbocycles. The van der Waals surface area contributed by atoms with E-state index in [1.54, 1.807) is 12.3 Å². The first kappa shape index (κ1) is 12.6. The van der Waals surface area contributed by atoms with Crippen LogP contribution < -0.4 is 4.74 Å². The van der Waals surface area contributed by atoms with Crippen molar-refractivity contribution < 1.29 is 13.7 Å². The minimum absolute atomic E-state index is 0.241. The van der Waals surface area contributed by atoms with Crippen LogP contribution in [0.4, 0.5) is 0 Å². The Morgan fingerprint density at radius 3 is 2.69 bits per heavy atom. The van der Waals surface area contributed by atoms with Gasteiger partial charge in [-0.25, -0.2) is 9.19 Å². The average molecular weight is 242 g/mol. The van der Waals surface area contributed by atoms with Gasteiger partial charge in [0.05, 0.1) is 0 Å². The molecule has 16 heavy (non-hydrogen) atoms. The van der Waals surface area contributed by atoms with Gasteiger partial charge in [-0.2, -0.15) is 4.36 Å². The van der Waals surface area contributed by atoms with Crippen molar-refractivity contribution in [3.8, 4) is 5.88 Å². The molecule has 0 unspecified atom stereocenters. The molecule has 1 rings (SSSR count). The summed E-state index contributed by atoms with van der Waals surface area (Å²) in [6.45, 7) is 1.66. The molecule has 0 saturated carbocycles. The van der Waals surface area contributed by atoms with Gasteiger partial charge in [0.15, 0.2) is 6.61 Å². The van der Waals surface area contributed by atoms with Gasteiger partial charge >= 0.3 is 0 Å². The molecule has 1 aromatic heterocycles. The van der Waals surface area contributed by atoms with Crippen LogP contribution in [-0.2, 0) is 14.5 Å². The zero-order valence-corrected chi connectivity index (χ0v) is 10.3. The minimum Gasteiger partial charge on any atom is -0.467 e. The number of hydrogen-bond donors (Lipinski definition) is 0. The number of nitrogens with zero attached hydrogens (tertiary/aromatic N) is 2. The highest BCUT2D eigenvalue weighted by molar-refractivity contribution is 7.92. The summed E-state index contributed by atoms with van der Waals surface area (Å²) in [5, 5.41) is 0. The van der Waals surface area contributed by atoms with Crippen molar-refractivity contribution in [2.75, 3.05) is 19.1 Å². The van der Waals surface area contributed by atoms with Gasteiger partial charge in [0, 0.05) is 34.5 Å². The van der Waals surface area contributed by atoms with E-state index < -0.39 is 15.6 Å². The Balaban J connectivity index is 2.56. The molecule has 0 aliphatic heterocycles. The number of amides is 1. The first-order chi connectivity index (χ1) is 7.37. The van der Waals surface area contributed by atoms with Gasteiger partial charge in [0.25, 0.3) is 5.91 Å². The van der Waals surface area contributed by atoms with E-state index in [0.717, 1.165) is 5.56 Å².